The highest BCUT2D eigenvalue weighted by Crippen LogP contribution is 2.01. The molecule has 0 aliphatic rings. The zero-order chi connectivity index (χ0) is 10.4. The van der Waals surface area contributed by atoms with Gasteiger partial charge in [0.05, 0.1) is 12.8 Å². The van der Waals surface area contributed by atoms with Crippen LogP contribution < -0.4 is 0 Å². The van der Waals surface area contributed by atoms with Crippen LogP contribution in [0.5, 0.6) is 0 Å². The Bertz CT molecular complexity index is 290. The van der Waals surface area contributed by atoms with Crippen LogP contribution in [0, 0.1) is 0 Å². The molecule has 0 amide bonds. The summed E-state index contributed by atoms with van der Waals surface area (Å²) < 4.78 is 4.95. The van der Waals surface area contributed by atoms with E-state index in [1.165, 1.54) is 18.6 Å². The third-order valence-corrected chi connectivity index (χ3v) is 1.80. The van der Waals surface area contributed by atoms with Crippen molar-refractivity contribution in [3.63, 3.8) is 0 Å². The highest BCUT2D eigenvalue weighted by molar-refractivity contribution is 7.80. The van der Waals surface area contributed by atoms with Crippen LogP contribution in [-0.4, -0.2) is 27.8 Å². The number of nitrogens with zero attached hydrogens (tertiary/aromatic N) is 2. The first-order chi connectivity index (χ1) is 6.70. The molecule has 0 saturated carbocycles. The van der Waals surface area contributed by atoms with Crippen molar-refractivity contribution in [2.24, 2.45) is 0 Å². The lowest BCUT2D eigenvalue weighted by atomic mass is 10.3. The molecule has 0 aromatic carbocycles. The summed E-state index contributed by atoms with van der Waals surface area (Å²) in [5, 5.41) is 0.227. The molecule has 1 unspecified atom stereocenters. The van der Waals surface area contributed by atoms with E-state index in [-0.39, 0.29) is 10.9 Å². The van der Waals surface area contributed by atoms with E-state index in [1.807, 2.05) is 6.92 Å². The van der Waals surface area contributed by atoms with Crippen molar-refractivity contribution in [2.75, 3.05) is 6.61 Å². The van der Waals surface area contributed by atoms with E-state index < -0.39 is 5.97 Å². The number of hydrogen-bond acceptors (Lipinski definition) is 5. The summed E-state index contributed by atoms with van der Waals surface area (Å²) in [6.07, 6.45) is 5.08. The van der Waals surface area contributed by atoms with E-state index in [9.17, 15) is 4.79 Å². The Morgan fingerprint density at radius 2 is 2.43 bits per heavy atom. The fourth-order valence-corrected chi connectivity index (χ4v) is 0.906. The van der Waals surface area contributed by atoms with Crippen molar-refractivity contribution in [1.82, 2.24) is 9.97 Å². The summed E-state index contributed by atoms with van der Waals surface area (Å²) in [7, 11) is 0. The number of rotatable bonds is 4. The molecule has 0 aliphatic heterocycles. The molecule has 4 nitrogen and oxygen atoms in total. The molecule has 1 aromatic heterocycles. The number of ether oxygens (including phenoxy) is 1. The van der Waals surface area contributed by atoms with E-state index in [0.717, 1.165) is 6.42 Å². The first-order valence-electron chi connectivity index (χ1n) is 4.31. The standard InChI is InChI=1S/C9H12N2O2S/c1-7(14)2-5-13-9(12)8-6-10-3-4-11-8/h3-4,6-7,14H,2,5H2,1H3. The quantitative estimate of drug-likeness (QED) is 0.604. The van der Waals surface area contributed by atoms with Gasteiger partial charge in [0, 0.05) is 17.6 Å². The van der Waals surface area contributed by atoms with Crippen molar-refractivity contribution in [2.45, 2.75) is 18.6 Å². The third-order valence-electron chi connectivity index (χ3n) is 1.54. The van der Waals surface area contributed by atoms with Crippen molar-refractivity contribution < 1.29 is 9.53 Å². The fourth-order valence-electron chi connectivity index (χ4n) is 0.801. The number of carbonyl (C=O) groups excluding carboxylic acids is 1. The molecule has 0 aliphatic carbocycles. The molecular weight excluding hydrogens is 200 g/mol. The lowest BCUT2D eigenvalue weighted by molar-refractivity contribution is 0.0494. The Hall–Kier alpha value is -1.10. The van der Waals surface area contributed by atoms with E-state index in [0.29, 0.717) is 6.61 Å². The first kappa shape index (κ1) is 11.0. The molecule has 1 rings (SSSR count). The minimum absolute atomic E-state index is 0.227. The van der Waals surface area contributed by atoms with Gasteiger partial charge in [-0.3, -0.25) is 4.98 Å². The molecule has 76 valence electrons. The average molecular weight is 212 g/mol. The highest BCUT2D eigenvalue weighted by atomic mass is 32.1. The van der Waals surface area contributed by atoms with E-state index in [4.69, 9.17) is 4.74 Å². The van der Waals surface area contributed by atoms with Crippen LogP contribution in [0.4, 0.5) is 0 Å². The second kappa shape index (κ2) is 5.59. The average Bonchev–Trinajstić information content (AvgIpc) is 2.18. The smallest absolute Gasteiger partial charge is 0.358 e. The SMILES string of the molecule is CC(S)CCOC(=O)c1cnccn1. The molecule has 0 saturated heterocycles. The van der Waals surface area contributed by atoms with Gasteiger partial charge in [-0.05, 0) is 6.42 Å². The largest absolute Gasteiger partial charge is 0.461 e. The summed E-state index contributed by atoms with van der Waals surface area (Å²) in [6.45, 7) is 2.30. The maximum Gasteiger partial charge on any atom is 0.358 e. The normalized spacial score (nSPS) is 12.1. The number of hydrogen-bond donors (Lipinski definition) is 1. The Labute approximate surface area is 88.1 Å². The van der Waals surface area contributed by atoms with E-state index in [2.05, 4.69) is 22.6 Å². The minimum atomic E-state index is -0.438. The molecule has 5 heteroatoms. The van der Waals surface area contributed by atoms with Gasteiger partial charge in [0.2, 0.25) is 0 Å². The maximum atomic E-state index is 11.3. The highest BCUT2D eigenvalue weighted by Gasteiger charge is 2.08. The van der Waals surface area contributed by atoms with Gasteiger partial charge in [-0.15, -0.1) is 0 Å². The lowest BCUT2D eigenvalue weighted by Gasteiger charge is -2.05. The molecule has 0 spiro atoms. The molecule has 0 N–H and O–H groups in total. The van der Waals surface area contributed by atoms with Gasteiger partial charge in [-0.1, -0.05) is 6.92 Å². The van der Waals surface area contributed by atoms with Crippen LogP contribution in [-0.2, 0) is 4.74 Å². The minimum Gasteiger partial charge on any atom is -0.461 e. The molecule has 0 fully saturated rings. The monoisotopic (exact) mass is 212 g/mol. The Morgan fingerprint density at radius 3 is 3.00 bits per heavy atom. The predicted octanol–water partition coefficient (Wildman–Crippen LogP) is 1.34. The van der Waals surface area contributed by atoms with Crippen LogP contribution >= 0.6 is 12.6 Å². The van der Waals surface area contributed by atoms with Crippen molar-refractivity contribution >= 4 is 18.6 Å². The van der Waals surface area contributed by atoms with E-state index in [1.54, 1.807) is 0 Å². The van der Waals surface area contributed by atoms with Gasteiger partial charge in [0.15, 0.2) is 5.69 Å². The first-order valence-corrected chi connectivity index (χ1v) is 4.83. The fraction of sp³-hybridized carbons (Fsp3) is 0.444. The number of aromatic nitrogens is 2. The van der Waals surface area contributed by atoms with Crippen LogP contribution in [0.1, 0.15) is 23.8 Å². The second-order valence-corrected chi connectivity index (χ2v) is 3.75. The Morgan fingerprint density at radius 1 is 1.64 bits per heavy atom. The Balaban J connectivity index is 2.36. The molecular formula is C9H12N2O2S. The van der Waals surface area contributed by atoms with Gasteiger partial charge in [-0.25, -0.2) is 9.78 Å². The van der Waals surface area contributed by atoms with Crippen molar-refractivity contribution in [3.8, 4) is 0 Å². The van der Waals surface area contributed by atoms with Crippen LogP contribution in [0.3, 0.4) is 0 Å². The number of thiol groups is 1. The second-order valence-electron chi connectivity index (χ2n) is 2.86. The maximum absolute atomic E-state index is 11.3. The topological polar surface area (TPSA) is 52.1 Å². The van der Waals surface area contributed by atoms with Crippen LogP contribution in [0.15, 0.2) is 18.6 Å². The van der Waals surface area contributed by atoms with Gasteiger partial charge >= 0.3 is 5.97 Å². The molecule has 1 atom stereocenters. The van der Waals surface area contributed by atoms with Crippen LogP contribution in [0.25, 0.3) is 0 Å². The van der Waals surface area contributed by atoms with Crippen molar-refractivity contribution in [1.29, 1.82) is 0 Å². The predicted molar refractivity (Wildman–Crippen MR) is 55.4 cm³/mol. The lowest BCUT2D eigenvalue weighted by Crippen LogP contribution is -2.10. The molecule has 1 heterocycles. The molecule has 0 radical (unpaired) electrons. The molecule has 0 bridgehead atoms. The zero-order valence-corrected chi connectivity index (χ0v) is 8.78. The van der Waals surface area contributed by atoms with E-state index >= 15 is 0 Å². The molecule has 14 heavy (non-hydrogen) atoms. The summed E-state index contributed by atoms with van der Waals surface area (Å²) in [4.78, 5) is 18.9. The van der Waals surface area contributed by atoms with Gasteiger partial charge < -0.3 is 4.74 Å². The summed E-state index contributed by atoms with van der Waals surface area (Å²) in [5.74, 6) is -0.438. The number of carbonyl (C=O) groups is 1. The zero-order valence-electron chi connectivity index (χ0n) is 7.88. The van der Waals surface area contributed by atoms with Gasteiger partial charge in [0.25, 0.3) is 0 Å². The van der Waals surface area contributed by atoms with Crippen LogP contribution in [0.2, 0.25) is 0 Å². The summed E-state index contributed by atoms with van der Waals surface area (Å²) in [5.41, 5.74) is 0.235. The Kier molecular flexibility index (Phi) is 4.39. The van der Waals surface area contributed by atoms with Gasteiger partial charge in [0.1, 0.15) is 0 Å². The van der Waals surface area contributed by atoms with Crippen molar-refractivity contribution in [3.05, 3.63) is 24.3 Å². The summed E-state index contributed by atoms with van der Waals surface area (Å²) >= 11 is 4.17. The number of esters is 1. The summed E-state index contributed by atoms with van der Waals surface area (Å²) in [6, 6.07) is 0. The van der Waals surface area contributed by atoms with Gasteiger partial charge in [-0.2, -0.15) is 12.6 Å². The molecule has 1 aromatic rings. The third kappa shape index (κ3) is 3.74.